The number of carbonyl (C=O) groups is 1. The highest BCUT2D eigenvalue weighted by atomic mass is 28.4. The Bertz CT molecular complexity index is 123. The summed E-state index contributed by atoms with van der Waals surface area (Å²) in [5.74, 6) is -0.898. The van der Waals surface area contributed by atoms with Crippen LogP contribution in [0.15, 0.2) is 0 Å². The van der Waals surface area contributed by atoms with E-state index in [4.69, 9.17) is 9.53 Å². The first-order chi connectivity index (χ1) is 4.48. The summed E-state index contributed by atoms with van der Waals surface area (Å²) in [6.07, 6.45) is -0.0208. The Hall–Kier alpha value is -0.393. The molecular formula is C5H12O4Si. The average molecular weight is 164 g/mol. The van der Waals surface area contributed by atoms with Gasteiger partial charge in [-0.05, 0) is 6.55 Å². The third kappa shape index (κ3) is 4.48. The van der Waals surface area contributed by atoms with Gasteiger partial charge in [-0.3, -0.25) is 4.79 Å². The van der Waals surface area contributed by atoms with Crippen molar-refractivity contribution in [2.45, 2.75) is 19.0 Å². The minimum atomic E-state index is -2.62. The van der Waals surface area contributed by atoms with Crippen LogP contribution in [0.4, 0.5) is 0 Å². The molecule has 5 heteroatoms. The molecule has 0 aromatic heterocycles. The van der Waals surface area contributed by atoms with Crippen LogP contribution in [0.25, 0.3) is 0 Å². The Morgan fingerprint density at radius 1 is 1.70 bits per heavy atom. The number of carboxylic acids is 1. The minimum Gasteiger partial charge on any atom is -0.481 e. The highest BCUT2D eigenvalue weighted by Gasteiger charge is 2.25. The first-order valence-electron chi connectivity index (χ1n) is 2.97. The van der Waals surface area contributed by atoms with Crippen LogP contribution < -0.4 is 0 Å². The van der Waals surface area contributed by atoms with Gasteiger partial charge >= 0.3 is 14.5 Å². The predicted molar refractivity (Wildman–Crippen MR) is 37.9 cm³/mol. The molecule has 0 saturated carbocycles. The van der Waals surface area contributed by atoms with Gasteiger partial charge in [-0.15, -0.1) is 0 Å². The number of carboxylic acid groups (broad SMARTS) is 1. The molecule has 0 bridgehead atoms. The standard InChI is InChI=1S/C5H12O4Si/c1-9-10(2,8)4-3-5(6)7/h8H,3-4H2,1-2H3,(H,6,7). The van der Waals surface area contributed by atoms with Crippen molar-refractivity contribution in [1.29, 1.82) is 0 Å². The van der Waals surface area contributed by atoms with Crippen molar-refractivity contribution in [3.63, 3.8) is 0 Å². The Labute approximate surface area is 60.7 Å². The van der Waals surface area contributed by atoms with Gasteiger partial charge in [0.05, 0.1) is 0 Å². The smallest absolute Gasteiger partial charge is 0.332 e. The third-order valence-electron chi connectivity index (χ3n) is 1.24. The molecule has 0 spiro atoms. The summed E-state index contributed by atoms with van der Waals surface area (Å²) in [4.78, 5) is 19.2. The van der Waals surface area contributed by atoms with Gasteiger partial charge in [0.25, 0.3) is 0 Å². The maximum Gasteiger partial charge on any atom is 0.332 e. The molecule has 1 unspecified atom stereocenters. The Morgan fingerprint density at radius 2 is 2.20 bits per heavy atom. The Balaban J connectivity index is 3.56. The summed E-state index contributed by atoms with van der Waals surface area (Å²) in [5, 5.41) is 8.23. The summed E-state index contributed by atoms with van der Waals surface area (Å²) in [6, 6.07) is 0.249. The molecule has 0 aromatic rings. The molecule has 0 fully saturated rings. The van der Waals surface area contributed by atoms with Crippen molar-refractivity contribution in [2.24, 2.45) is 0 Å². The van der Waals surface area contributed by atoms with Crippen LogP contribution in [0.5, 0.6) is 0 Å². The highest BCUT2D eigenvalue weighted by molar-refractivity contribution is 6.64. The summed E-state index contributed by atoms with van der Waals surface area (Å²) >= 11 is 0. The zero-order chi connectivity index (χ0) is 8.20. The van der Waals surface area contributed by atoms with Gasteiger partial charge in [0.15, 0.2) is 0 Å². The number of hydrogen-bond donors (Lipinski definition) is 2. The monoisotopic (exact) mass is 164 g/mol. The van der Waals surface area contributed by atoms with E-state index < -0.39 is 14.5 Å². The van der Waals surface area contributed by atoms with Crippen molar-refractivity contribution < 1.29 is 19.1 Å². The molecule has 0 saturated heterocycles. The molecular weight excluding hydrogens is 152 g/mol. The lowest BCUT2D eigenvalue weighted by molar-refractivity contribution is -0.136. The van der Waals surface area contributed by atoms with Gasteiger partial charge in [0.1, 0.15) is 0 Å². The molecule has 0 aliphatic rings. The van der Waals surface area contributed by atoms with Crippen LogP contribution in [0.2, 0.25) is 12.6 Å². The molecule has 0 rings (SSSR count). The van der Waals surface area contributed by atoms with Gasteiger partial charge in [-0.2, -0.15) is 0 Å². The predicted octanol–water partition coefficient (Wildman–Crippen LogP) is 0.172. The second-order valence-corrected chi connectivity index (χ2v) is 5.53. The average Bonchev–Trinajstić information content (AvgIpc) is 1.85. The second-order valence-electron chi connectivity index (χ2n) is 2.27. The molecule has 10 heavy (non-hydrogen) atoms. The van der Waals surface area contributed by atoms with E-state index in [1.165, 1.54) is 7.11 Å². The Morgan fingerprint density at radius 3 is 2.50 bits per heavy atom. The van der Waals surface area contributed by atoms with Crippen molar-refractivity contribution in [1.82, 2.24) is 0 Å². The summed E-state index contributed by atoms with van der Waals surface area (Å²) < 4.78 is 4.72. The van der Waals surface area contributed by atoms with E-state index in [1.54, 1.807) is 6.55 Å². The topological polar surface area (TPSA) is 66.8 Å². The SMILES string of the molecule is CO[Si](C)(O)CCC(=O)O. The first-order valence-corrected chi connectivity index (χ1v) is 5.53. The van der Waals surface area contributed by atoms with Gasteiger partial charge in [-0.1, -0.05) is 0 Å². The molecule has 0 aliphatic heterocycles. The number of aliphatic carboxylic acids is 1. The van der Waals surface area contributed by atoms with Gasteiger partial charge < -0.3 is 14.3 Å². The fourth-order valence-electron chi connectivity index (χ4n) is 0.441. The van der Waals surface area contributed by atoms with Crippen LogP contribution in [0, 0.1) is 0 Å². The lowest BCUT2D eigenvalue weighted by Gasteiger charge is -2.15. The molecule has 0 radical (unpaired) electrons. The second kappa shape index (κ2) is 3.70. The fraction of sp³-hybridized carbons (Fsp3) is 0.800. The molecule has 0 heterocycles. The maximum atomic E-state index is 10.0. The summed E-state index contributed by atoms with van der Waals surface area (Å²) in [7, 11) is -1.22. The van der Waals surface area contributed by atoms with Crippen molar-refractivity contribution >= 4 is 14.5 Å². The van der Waals surface area contributed by atoms with Crippen LogP contribution >= 0.6 is 0 Å². The van der Waals surface area contributed by atoms with Crippen LogP contribution in [0.3, 0.4) is 0 Å². The van der Waals surface area contributed by atoms with Crippen LogP contribution in [0.1, 0.15) is 6.42 Å². The van der Waals surface area contributed by atoms with Crippen molar-refractivity contribution in [2.75, 3.05) is 7.11 Å². The molecule has 2 N–H and O–H groups in total. The van der Waals surface area contributed by atoms with E-state index >= 15 is 0 Å². The van der Waals surface area contributed by atoms with Crippen LogP contribution in [-0.4, -0.2) is 31.5 Å². The fourth-order valence-corrected chi connectivity index (χ4v) is 1.32. The normalized spacial score (nSPS) is 16.3. The molecule has 60 valence electrons. The van der Waals surface area contributed by atoms with E-state index in [-0.39, 0.29) is 12.5 Å². The highest BCUT2D eigenvalue weighted by Crippen LogP contribution is 2.08. The van der Waals surface area contributed by atoms with Crippen LogP contribution in [-0.2, 0) is 9.22 Å². The van der Waals surface area contributed by atoms with E-state index in [2.05, 4.69) is 0 Å². The molecule has 0 aliphatic carbocycles. The minimum absolute atomic E-state index is 0.0208. The Kier molecular flexibility index (Phi) is 3.55. The zero-order valence-corrected chi connectivity index (χ0v) is 7.13. The molecule has 0 amide bonds. The largest absolute Gasteiger partial charge is 0.481 e. The van der Waals surface area contributed by atoms with Crippen molar-refractivity contribution in [3.05, 3.63) is 0 Å². The molecule has 0 aromatic carbocycles. The third-order valence-corrected chi connectivity index (χ3v) is 3.30. The lowest BCUT2D eigenvalue weighted by Crippen LogP contribution is -2.33. The zero-order valence-electron chi connectivity index (χ0n) is 6.13. The quantitative estimate of drug-likeness (QED) is 0.581. The molecule has 1 atom stereocenters. The molecule has 4 nitrogen and oxygen atoms in total. The van der Waals surface area contributed by atoms with Gasteiger partial charge in [0.2, 0.25) is 0 Å². The van der Waals surface area contributed by atoms with Gasteiger partial charge in [0, 0.05) is 19.6 Å². The number of rotatable bonds is 4. The van der Waals surface area contributed by atoms with E-state index in [0.29, 0.717) is 0 Å². The summed E-state index contributed by atoms with van der Waals surface area (Å²) in [6.45, 7) is 1.57. The van der Waals surface area contributed by atoms with Crippen molar-refractivity contribution in [3.8, 4) is 0 Å². The number of hydrogen-bond acceptors (Lipinski definition) is 3. The first kappa shape index (κ1) is 9.61. The van der Waals surface area contributed by atoms with E-state index in [0.717, 1.165) is 0 Å². The van der Waals surface area contributed by atoms with Gasteiger partial charge in [-0.25, -0.2) is 0 Å². The summed E-state index contributed by atoms with van der Waals surface area (Å²) in [5.41, 5.74) is 0. The van der Waals surface area contributed by atoms with E-state index in [9.17, 15) is 9.59 Å². The lowest BCUT2D eigenvalue weighted by atomic mass is 10.5. The maximum absolute atomic E-state index is 10.0. The van der Waals surface area contributed by atoms with E-state index in [1.807, 2.05) is 0 Å².